The number of nitrogens with one attached hydrogen (secondary N) is 1. The van der Waals surface area contributed by atoms with Crippen molar-refractivity contribution in [3.63, 3.8) is 0 Å². The van der Waals surface area contributed by atoms with E-state index in [1.165, 1.54) is 0 Å². The molecular weight excluding hydrogens is 328 g/mol. The van der Waals surface area contributed by atoms with E-state index in [-0.39, 0.29) is 18.4 Å². The molecule has 6 heteroatoms. The first kappa shape index (κ1) is 17.4. The van der Waals surface area contributed by atoms with E-state index in [0.29, 0.717) is 12.1 Å². The van der Waals surface area contributed by atoms with Gasteiger partial charge in [-0.2, -0.15) is 0 Å². The van der Waals surface area contributed by atoms with Gasteiger partial charge >= 0.3 is 0 Å². The van der Waals surface area contributed by atoms with E-state index >= 15 is 0 Å². The summed E-state index contributed by atoms with van der Waals surface area (Å²) in [5.41, 5.74) is 2.43. The molecule has 2 aromatic heterocycles. The van der Waals surface area contributed by atoms with Crippen molar-refractivity contribution in [1.82, 2.24) is 19.8 Å². The van der Waals surface area contributed by atoms with E-state index in [1.807, 2.05) is 53.4 Å². The van der Waals surface area contributed by atoms with Gasteiger partial charge in [-0.1, -0.05) is 6.07 Å². The Bertz CT molecular complexity index is 859. The number of aromatic nitrogens is 2. The minimum absolute atomic E-state index is 0.0467. The Kier molecular flexibility index (Phi) is 5.43. The van der Waals surface area contributed by atoms with Crippen LogP contribution in [0.15, 0.2) is 73.3 Å². The number of hydrogen-bond donors (Lipinski definition) is 1. The fourth-order valence-electron chi connectivity index (χ4n) is 2.54. The normalized spacial score (nSPS) is 10.3. The molecule has 0 aliphatic rings. The van der Waals surface area contributed by atoms with Crippen LogP contribution in [0.2, 0.25) is 0 Å². The van der Waals surface area contributed by atoms with Crippen LogP contribution in [0.5, 0.6) is 0 Å². The molecule has 3 rings (SSSR count). The van der Waals surface area contributed by atoms with E-state index in [1.54, 1.807) is 36.5 Å². The Labute approximate surface area is 152 Å². The molecule has 132 valence electrons. The lowest BCUT2D eigenvalue weighted by Crippen LogP contribution is -2.37. The number of benzene rings is 1. The van der Waals surface area contributed by atoms with E-state index < -0.39 is 0 Å². The number of rotatable bonds is 6. The lowest BCUT2D eigenvalue weighted by atomic mass is 10.2. The summed E-state index contributed by atoms with van der Waals surface area (Å²) in [5, 5.41) is 2.67. The van der Waals surface area contributed by atoms with Crippen LogP contribution in [-0.2, 0) is 11.3 Å². The third kappa shape index (κ3) is 4.36. The van der Waals surface area contributed by atoms with Gasteiger partial charge in [0.2, 0.25) is 5.91 Å². The van der Waals surface area contributed by atoms with Gasteiger partial charge in [0, 0.05) is 49.6 Å². The van der Waals surface area contributed by atoms with E-state index in [2.05, 4.69) is 10.3 Å². The van der Waals surface area contributed by atoms with Crippen molar-refractivity contribution in [2.24, 2.45) is 0 Å². The molecule has 0 aliphatic heterocycles. The molecule has 0 saturated heterocycles. The van der Waals surface area contributed by atoms with Crippen molar-refractivity contribution in [2.45, 2.75) is 6.54 Å². The van der Waals surface area contributed by atoms with Crippen molar-refractivity contribution in [3.05, 3.63) is 84.4 Å². The highest BCUT2D eigenvalue weighted by molar-refractivity contribution is 5.96. The third-order valence-electron chi connectivity index (χ3n) is 4.00. The molecule has 0 spiro atoms. The second-order valence-electron chi connectivity index (χ2n) is 5.93. The van der Waals surface area contributed by atoms with Gasteiger partial charge in [-0.25, -0.2) is 0 Å². The molecule has 3 aromatic rings. The van der Waals surface area contributed by atoms with Crippen LogP contribution in [0.4, 0.5) is 0 Å². The fourth-order valence-corrected chi connectivity index (χ4v) is 2.54. The number of likely N-dealkylation sites (N-methyl/N-ethyl adjacent to an activating group) is 1. The Morgan fingerprint density at radius 1 is 1.08 bits per heavy atom. The van der Waals surface area contributed by atoms with Gasteiger partial charge in [-0.05, 0) is 48.0 Å². The number of pyridine rings is 1. The highest BCUT2D eigenvalue weighted by Gasteiger charge is 2.12. The lowest BCUT2D eigenvalue weighted by Gasteiger charge is -2.17. The average molecular weight is 348 g/mol. The Hall–Kier alpha value is -3.41. The average Bonchev–Trinajstić information content (AvgIpc) is 3.21. The first-order valence-corrected chi connectivity index (χ1v) is 8.28. The zero-order chi connectivity index (χ0) is 18.4. The maximum absolute atomic E-state index is 12.2. The molecule has 2 amide bonds. The standard InChI is InChI=1S/C20H20N4O2/c1-23(15-16-5-4-10-21-13-16)19(25)14-22-20(26)17-6-8-18(9-7-17)24-11-2-3-12-24/h2-13H,14-15H2,1H3,(H,22,26). The Balaban J connectivity index is 1.52. The van der Waals surface area contributed by atoms with Crippen molar-refractivity contribution in [2.75, 3.05) is 13.6 Å². The summed E-state index contributed by atoms with van der Waals surface area (Å²) in [4.78, 5) is 30.0. The van der Waals surface area contributed by atoms with Crippen LogP contribution in [0.1, 0.15) is 15.9 Å². The molecule has 0 saturated carbocycles. The monoisotopic (exact) mass is 348 g/mol. The van der Waals surface area contributed by atoms with E-state index in [9.17, 15) is 9.59 Å². The van der Waals surface area contributed by atoms with Gasteiger partial charge in [0.1, 0.15) is 0 Å². The van der Waals surface area contributed by atoms with Gasteiger partial charge < -0.3 is 14.8 Å². The summed E-state index contributed by atoms with van der Waals surface area (Å²) in [6.45, 7) is 0.406. The fraction of sp³-hybridized carbons (Fsp3) is 0.150. The van der Waals surface area contributed by atoms with Crippen LogP contribution in [0.3, 0.4) is 0 Å². The van der Waals surface area contributed by atoms with Crippen LogP contribution in [-0.4, -0.2) is 39.9 Å². The zero-order valence-electron chi connectivity index (χ0n) is 14.5. The van der Waals surface area contributed by atoms with Gasteiger partial charge in [0.25, 0.3) is 5.91 Å². The molecule has 0 atom stereocenters. The largest absolute Gasteiger partial charge is 0.343 e. The molecule has 2 heterocycles. The first-order chi connectivity index (χ1) is 12.6. The van der Waals surface area contributed by atoms with Gasteiger partial charge in [0.15, 0.2) is 0 Å². The van der Waals surface area contributed by atoms with Crippen LogP contribution in [0, 0.1) is 0 Å². The summed E-state index contributed by atoms with van der Waals surface area (Å²) in [6, 6.07) is 14.8. The lowest BCUT2D eigenvalue weighted by molar-refractivity contribution is -0.129. The van der Waals surface area contributed by atoms with Crippen molar-refractivity contribution in [3.8, 4) is 5.69 Å². The molecule has 1 N–H and O–H groups in total. The Morgan fingerprint density at radius 3 is 2.46 bits per heavy atom. The van der Waals surface area contributed by atoms with Crippen LogP contribution >= 0.6 is 0 Å². The number of nitrogens with zero attached hydrogens (tertiary/aromatic N) is 3. The number of carbonyl (C=O) groups excluding carboxylic acids is 2. The summed E-state index contributed by atoms with van der Waals surface area (Å²) < 4.78 is 1.96. The molecule has 0 unspecified atom stereocenters. The maximum Gasteiger partial charge on any atom is 0.251 e. The zero-order valence-corrected chi connectivity index (χ0v) is 14.5. The SMILES string of the molecule is CN(Cc1cccnc1)C(=O)CNC(=O)c1ccc(-n2cccc2)cc1. The van der Waals surface area contributed by atoms with Crippen LogP contribution < -0.4 is 5.32 Å². The summed E-state index contributed by atoms with van der Waals surface area (Å²) in [7, 11) is 1.70. The number of amides is 2. The van der Waals surface area contributed by atoms with Gasteiger partial charge in [0.05, 0.1) is 6.54 Å². The van der Waals surface area contributed by atoms with Crippen molar-refractivity contribution >= 4 is 11.8 Å². The predicted octanol–water partition coefficient (Wildman–Crippen LogP) is 2.26. The quantitative estimate of drug-likeness (QED) is 0.743. The minimum atomic E-state index is -0.271. The smallest absolute Gasteiger partial charge is 0.251 e. The third-order valence-corrected chi connectivity index (χ3v) is 4.00. The van der Waals surface area contributed by atoms with Gasteiger partial charge in [-0.3, -0.25) is 14.6 Å². The van der Waals surface area contributed by atoms with E-state index in [4.69, 9.17) is 0 Å². The molecule has 0 fully saturated rings. The van der Waals surface area contributed by atoms with Crippen molar-refractivity contribution in [1.29, 1.82) is 0 Å². The second-order valence-corrected chi connectivity index (χ2v) is 5.93. The highest BCUT2D eigenvalue weighted by atomic mass is 16.2. The summed E-state index contributed by atoms with van der Waals surface area (Å²) in [5.74, 6) is -0.432. The minimum Gasteiger partial charge on any atom is -0.343 e. The topological polar surface area (TPSA) is 67.2 Å². The molecule has 0 radical (unpaired) electrons. The maximum atomic E-state index is 12.2. The van der Waals surface area contributed by atoms with Gasteiger partial charge in [-0.15, -0.1) is 0 Å². The molecule has 1 aromatic carbocycles. The first-order valence-electron chi connectivity index (χ1n) is 8.28. The second kappa shape index (κ2) is 8.11. The molecule has 26 heavy (non-hydrogen) atoms. The summed E-state index contributed by atoms with van der Waals surface area (Å²) >= 11 is 0. The Morgan fingerprint density at radius 2 is 1.81 bits per heavy atom. The molecule has 6 nitrogen and oxygen atoms in total. The van der Waals surface area contributed by atoms with Crippen LogP contribution in [0.25, 0.3) is 5.69 Å². The number of carbonyl (C=O) groups is 2. The highest BCUT2D eigenvalue weighted by Crippen LogP contribution is 2.10. The van der Waals surface area contributed by atoms with E-state index in [0.717, 1.165) is 11.3 Å². The molecule has 0 bridgehead atoms. The molecular formula is C20H20N4O2. The summed E-state index contributed by atoms with van der Waals surface area (Å²) in [6.07, 6.45) is 7.28. The van der Waals surface area contributed by atoms with Crippen molar-refractivity contribution < 1.29 is 9.59 Å². The molecule has 0 aliphatic carbocycles. The predicted molar refractivity (Wildman–Crippen MR) is 98.8 cm³/mol. The number of hydrogen-bond acceptors (Lipinski definition) is 3.